The molecule has 0 bridgehead atoms. The predicted molar refractivity (Wildman–Crippen MR) is 122 cm³/mol. The second-order valence-corrected chi connectivity index (χ2v) is 8.29. The molecule has 0 aliphatic heterocycles. The molecule has 8 heteroatoms. The number of fused-ring (bicyclic) bond motifs is 1. The number of anilines is 1. The van der Waals surface area contributed by atoms with Gasteiger partial charge in [0.2, 0.25) is 5.89 Å². The van der Waals surface area contributed by atoms with Gasteiger partial charge in [-0.05, 0) is 67.6 Å². The van der Waals surface area contributed by atoms with E-state index in [1.54, 1.807) is 43.3 Å². The van der Waals surface area contributed by atoms with Crippen LogP contribution in [0.25, 0.3) is 22.6 Å². The fourth-order valence-corrected chi connectivity index (χ4v) is 3.50. The highest BCUT2D eigenvalue weighted by Crippen LogP contribution is 2.29. The van der Waals surface area contributed by atoms with Gasteiger partial charge < -0.3 is 14.5 Å². The molecule has 0 radical (unpaired) electrons. The summed E-state index contributed by atoms with van der Waals surface area (Å²) in [7, 11) is 0. The Morgan fingerprint density at radius 1 is 1.10 bits per heavy atom. The van der Waals surface area contributed by atoms with Crippen LogP contribution in [-0.2, 0) is 4.79 Å². The van der Waals surface area contributed by atoms with Gasteiger partial charge >= 0.3 is 0 Å². The highest BCUT2D eigenvalue weighted by Gasteiger charge is 2.17. The molecule has 0 fully saturated rings. The molecule has 3 aromatic carbocycles. The summed E-state index contributed by atoms with van der Waals surface area (Å²) in [5.74, 6) is 0.571. The van der Waals surface area contributed by atoms with E-state index in [2.05, 4.69) is 26.2 Å². The first-order chi connectivity index (χ1) is 14.4. The summed E-state index contributed by atoms with van der Waals surface area (Å²) in [4.78, 5) is 17.1. The minimum atomic E-state index is -0.769. The molecule has 5 nitrogen and oxygen atoms in total. The van der Waals surface area contributed by atoms with Gasteiger partial charge in [0.25, 0.3) is 5.91 Å². The Morgan fingerprint density at radius 2 is 1.87 bits per heavy atom. The molecule has 0 saturated carbocycles. The van der Waals surface area contributed by atoms with Gasteiger partial charge in [0, 0.05) is 20.7 Å². The van der Waals surface area contributed by atoms with Crippen LogP contribution < -0.4 is 10.1 Å². The van der Waals surface area contributed by atoms with Crippen LogP contribution in [0, 0.1) is 0 Å². The van der Waals surface area contributed by atoms with Crippen molar-refractivity contribution in [1.29, 1.82) is 0 Å². The summed E-state index contributed by atoms with van der Waals surface area (Å²) < 4.78 is 12.4. The van der Waals surface area contributed by atoms with Gasteiger partial charge in [0.15, 0.2) is 11.7 Å². The molecule has 1 unspecified atom stereocenters. The Kier molecular flexibility index (Phi) is 5.99. The lowest BCUT2D eigenvalue weighted by Gasteiger charge is -2.15. The number of benzene rings is 3. The molecule has 0 saturated heterocycles. The van der Waals surface area contributed by atoms with Crippen LogP contribution in [0.5, 0.6) is 5.75 Å². The van der Waals surface area contributed by atoms with Crippen LogP contribution in [0.3, 0.4) is 0 Å². The second kappa shape index (κ2) is 8.68. The number of oxazole rings is 1. The van der Waals surface area contributed by atoms with Gasteiger partial charge in [-0.25, -0.2) is 4.98 Å². The third-order valence-corrected chi connectivity index (χ3v) is 5.37. The standard InChI is InChI=1S/C22H15BrCl2N2O3/c1-12(29-19-8-6-15(24)10-17(19)25)21(28)26-16-7-9-20-18(11-16)27-22(30-20)13-2-4-14(23)5-3-13/h2-12H,1H3,(H,26,28). The number of hydrogen-bond donors (Lipinski definition) is 1. The minimum Gasteiger partial charge on any atom is -0.479 e. The monoisotopic (exact) mass is 504 g/mol. The van der Waals surface area contributed by atoms with Crippen molar-refractivity contribution in [2.75, 3.05) is 5.32 Å². The topological polar surface area (TPSA) is 64.4 Å². The molecule has 1 aromatic heterocycles. The Morgan fingerprint density at radius 3 is 2.60 bits per heavy atom. The number of rotatable bonds is 5. The van der Waals surface area contributed by atoms with Crippen molar-refractivity contribution in [3.63, 3.8) is 0 Å². The van der Waals surface area contributed by atoms with Crippen molar-refractivity contribution >= 4 is 61.8 Å². The molecular weight excluding hydrogens is 491 g/mol. The second-order valence-electron chi connectivity index (χ2n) is 6.53. The van der Waals surface area contributed by atoms with E-state index in [0.717, 1.165) is 10.0 Å². The van der Waals surface area contributed by atoms with Crippen LogP contribution in [0.15, 0.2) is 69.6 Å². The first-order valence-corrected chi connectivity index (χ1v) is 10.5. The number of carbonyl (C=O) groups excluding carboxylic acids is 1. The zero-order chi connectivity index (χ0) is 21.3. The summed E-state index contributed by atoms with van der Waals surface area (Å²) in [6, 6.07) is 17.8. The van der Waals surface area contributed by atoms with Crippen molar-refractivity contribution in [3.8, 4) is 17.2 Å². The van der Waals surface area contributed by atoms with Crippen molar-refractivity contribution in [1.82, 2.24) is 4.98 Å². The maximum absolute atomic E-state index is 12.5. The first-order valence-electron chi connectivity index (χ1n) is 8.98. The van der Waals surface area contributed by atoms with Crippen molar-refractivity contribution in [2.45, 2.75) is 13.0 Å². The molecule has 4 rings (SSSR count). The molecule has 1 atom stereocenters. The van der Waals surface area contributed by atoms with Gasteiger partial charge in [0.05, 0.1) is 5.02 Å². The highest BCUT2D eigenvalue weighted by molar-refractivity contribution is 9.10. The Bertz CT molecular complexity index is 1230. The smallest absolute Gasteiger partial charge is 0.265 e. The van der Waals surface area contributed by atoms with Crippen molar-refractivity contribution in [2.24, 2.45) is 0 Å². The van der Waals surface area contributed by atoms with Gasteiger partial charge in [-0.1, -0.05) is 39.1 Å². The number of carbonyl (C=O) groups is 1. The molecule has 1 N–H and O–H groups in total. The largest absolute Gasteiger partial charge is 0.479 e. The molecule has 0 aliphatic carbocycles. The SMILES string of the molecule is CC(Oc1ccc(Cl)cc1Cl)C(=O)Nc1ccc2oc(-c3ccc(Br)cc3)nc2c1. The average molecular weight is 506 g/mol. The van der Waals surface area contributed by atoms with Crippen LogP contribution in [0.4, 0.5) is 5.69 Å². The van der Waals surface area contributed by atoms with Gasteiger partial charge in [-0.2, -0.15) is 0 Å². The van der Waals surface area contributed by atoms with Crippen molar-refractivity contribution < 1.29 is 13.9 Å². The van der Waals surface area contributed by atoms with Crippen LogP contribution in [-0.4, -0.2) is 17.0 Å². The van der Waals surface area contributed by atoms with Gasteiger partial charge in [0.1, 0.15) is 11.3 Å². The van der Waals surface area contributed by atoms with Crippen molar-refractivity contribution in [3.05, 3.63) is 75.2 Å². The quantitative estimate of drug-likeness (QED) is 0.318. The lowest BCUT2D eigenvalue weighted by Crippen LogP contribution is -2.30. The van der Waals surface area contributed by atoms with Crippen LogP contribution in [0.1, 0.15) is 6.92 Å². The number of nitrogens with one attached hydrogen (secondary N) is 1. The number of ether oxygens (including phenoxy) is 1. The van der Waals surface area contributed by atoms with E-state index in [0.29, 0.717) is 38.5 Å². The molecule has 4 aromatic rings. The Hall–Kier alpha value is -2.54. The van der Waals surface area contributed by atoms with E-state index in [4.69, 9.17) is 32.4 Å². The van der Waals surface area contributed by atoms with E-state index < -0.39 is 6.10 Å². The van der Waals surface area contributed by atoms with E-state index in [-0.39, 0.29) is 5.91 Å². The number of nitrogens with zero attached hydrogens (tertiary/aromatic N) is 1. The summed E-state index contributed by atoms with van der Waals surface area (Å²) in [5.41, 5.74) is 2.71. The zero-order valence-electron chi connectivity index (χ0n) is 15.7. The van der Waals surface area contributed by atoms with E-state index in [1.807, 2.05) is 24.3 Å². The third-order valence-electron chi connectivity index (χ3n) is 4.31. The average Bonchev–Trinajstić information content (AvgIpc) is 3.14. The highest BCUT2D eigenvalue weighted by atomic mass is 79.9. The number of halogens is 3. The maximum atomic E-state index is 12.5. The Labute approximate surface area is 191 Å². The van der Waals surface area contributed by atoms with E-state index in [9.17, 15) is 4.79 Å². The molecule has 1 amide bonds. The Balaban J connectivity index is 1.49. The normalized spacial score (nSPS) is 12.0. The van der Waals surface area contributed by atoms with E-state index in [1.165, 1.54) is 0 Å². The van der Waals surface area contributed by atoms with Gasteiger partial charge in [-0.3, -0.25) is 4.79 Å². The fraction of sp³-hybridized carbons (Fsp3) is 0.0909. The summed E-state index contributed by atoms with van der Waals surface area (Å²) in [6.45, 7) is 1.64. The lowest BCUT2D eigenvalue weighted by atomic mass is 10.2. The molecule has 1 heterocycles. The lowest BCUT2D eigenvalue weighted by molar-refractivity contribution is -0.122. The van der Waals surface area contributed by atoms with Gasteiger partial charge in [-0.15, -0.1) is 0 Å². The number of hydrogen-bond acceptors (Lipinski definition) is 4. The first kappa shape index (κ1) is 20.7. The van der Waals surface area contributed by atoms with Crippen LogP contribution in [0.2, 0.25) is 10.0 Å². The molecular formula is C22H15BrCl2N2O3. The summed E-state index contributed by atoms with van der Waals surface area (Å²) in [5, 5.41) is 3.65. The zero-order valence-corrected chi connectivity index (χ0v) is 18.8. The molecule has 30 heavy (non-hydrogen) atoms. The number of amides is 1. The number of aromatic nitrogens is 1. The molecule has 0 spiro atoms. The minimum absolute atomic E-state index is 0.322. The molecule has 152 valence electrons. The van der Waals surface area contributed by atoms with E-state index >= 15 is 0 Å². The third kappa shape index (κ3) is 4.61. The maximum Gasteiger partial charge on any atom is 0.265 e. The summed E-state index contributed by atoms with van der Waals surface area (Å²) in [6.07, 6.45) is -0.769. The fourth-order valence-electron chi connectivity index (χ4n) is 2.78. The molecule has 0 aliphatic rings. The van der Waals surface area contributed by atoms with Crippen LogP contribution >= 0.6 is 39.1 Å². The predicted octanol–water partition coefficient (Wildman–Crippen LogP) is 6.97. The summed E-state index contributed by atoms with van der Waals surface area (Å²) >= 11 is 15.4.